The highest BCUT2D eigenvalue weighted by Gasteiger charge is 2.22. The number of thioether (sulfide) groups is 1. The summed E-state index contributed by atoms with van der Waals surface area (Å²) in [5.41, 5.74) is 1.63. The van der Waals surface area contributed by atoms with E-state index in [0.29, 0.717) is 0 Å². The van der Waals surface area contributed by atoms with Crippen molar-refractivity contribution >= 4 is 23.4 Å². The molecular formula is C10H11NO2S. The molecule has 1 amide bonds. The Kier molecular flexibility index (Phi) is 2.48. The van der Waals surface area contributed by atoms with Crippen molar-refractivity contribution in [3.05, 3.63) is 23.8 Å². The van der Waals surface area contributed by atoms with Crippen molar-refractivity contribution in [2.75, 3.05) is 5.32 Å². The Bertz CT molecular complexity index is 378. The lowest BCUT2D eigenvalue weighted by Gasteiger charge is -2.21. The van der Waals surface area contributed by atoms with Gasteiger partial charge in [-0.1, -0.05) is 6.07 Å². The van der Waals surface area contributed by atoms with E-state index in [2.05, 4.69) is 5.32 Å². The van der Waals surface area contributed by atoms with E-state index in [-0.39, 0.29) is 17.8 Å². The molecule has 1 heterocycles. The lowest BCUT2D eigenvalue weighted by molar-refractivity contribution is -0.115. The monoisotopic (exact) mass is 209 g/mol. The van der Waals surface area contributed by atoms with Crippen LogP contribution in [0.4, 0.5) is 5.69 Å². The van der Waals surface area contributed by atoms with Gasteiger partial charge in [0.2, 0.25) is 5.91 Å². The van der Waals surface area contributed by atoms with Gasteiger partial charge >= 0.3 is 0 Å². The normalized spacial score (nSPS) is 20.1. The van der Waals surface area contributed by atoms with E-state index in [1.54, 1.807) is 11.8 Å². The molecule has 1 aromatic rings. The zero-order valence-electron chi connectivity index (χ0n) is 7.78. The Labute approximate surface area is 86.5 Å². The molecule has 0 aromatic heterocycles. The molecule has 0 bridgehead atoms. The Morgan fingerprint density at radius 3 is 3.07 bits per heavy atom. The van der Waals surface area contributed by atoms with Crippen molar-refractivity contribution in [1.29, 1.82) is 0 Å². The molecule has 1 aliphatic rings. The first-order valence-electron chi connectivity index (χ1n) is 4.42. The first kappa shape index (κ1) is 9.55. The first-order chi connectivity index (χ1) is 6.70. The summed E-state index contributed by atoms with van der Waals surface area (Å²) in [5, 5.41) is 11.7. The lowest BCUT2D eigenvalue weighted by Crippen LogP contribution is -2.26. The van der Waals surface area contributed by atoms with Crippen LogP contribution in [0.25, 0.3) is 0 Å². The molecule has 74 valence electrons. The maximum atomic E-state index is 11.4. The number of aliphatic hydroxyl groups is 1. The summed E-state index contributed by atoms with van der Waals surface area (Å²) >= 11 is 1.55. The van der Waals surface area contributed by atoms with Crippen LogP contribution in [0.1, 0.15) is 12.5 Å². The van der Waals surface area contributed by atoms with Gasteiger partial charge in [-0.05, 0) is 24.6 Å². The summed E-state index contributed by atoms with van der Waals surface area (Å²) < 4.78 is 0. The van der Waals surface area contributed by atoms with Crippen molar-refractivity contribution in [2.24, 2.45) is 0 Å². The van der Waals surface area contributed by atoms with E-state index in [1.807, 2.05) is 25.1 Å². The van der Waals surface area contributed by atoms with Gasteiger partial charge in [0.25, 0.3) is 0 Å². The second-order valence-corrected chi connectivity index (χ2v) is 4.62. The number of nitrogens with one attached hydrogen (secondary N) is 1. The van der Waals surface area contributed by atoms with Crippen LogP contribution in [0.15, 0.2) is 23.1 Å². The predicted octanol–water partition coefficient (Wildman–Crippen LogP) is 1.61. The van der Waals surface area contributed by atoms with E-state index in [4.69, 9.17) is 5.11 Å². The molecule has 0 radical (unpaired) electrons. The van der Waals surface area contributed by atoms with Crippen LogP contribution in [-0.4, -0.2) is 16.3 Å². The number of rotatable bonds is 1. The third-order valence-electron chi connectivity index (χ3n) is 2.16. The minimum Gasteiger partial charge on any atom is -0.392 e. The second-order valence-electron chi connectivity index (χ2n) is 3.24. The number of fused-ring (bicyclic) bond motifs is 1. The first-order valence-corrected chi connectivity index (χ1v) is 5.30. The smallest absolute Gasteiger partial charge is 0.237 e. The van der Waals surface area contributed by atoms with E-state index in [9.17, 15) is 4.79 Å². The number of carbonyl (C=O) groups is 1. The molecule has 0 saturated carbocycles. The third kappa shape index (κ3) is 1.63. The van der Waals surface area contributed by atoms with Crippen LogP contribution in [0.3, 0.4) is 0 Å². The molecule has 0 unspecified atom stereocenters. The van der Waals surface area contributed by atoms with Gasteiger partial charge in [0.1, 0.15) is 0 Å². The van der Waals surface area contributed by atoms with E-state index >= 15 is 0 Å². The van der Waals surface area contributed by atoms with Crippen LogP contribution in [-0.2, 0) is 11.4 Å². The number of hydrogen-bond donors (Lipinski definition) is 2. The molecule has 4 heteroatoms. The minimum absolute atomic E-state index is 0.00334. The standard InChI is InChI=1S/C10H11NO2S/c1-6-10(13)11-8-4-7(5-12)2-3-9(8)14-6/h2-4,6,12H,5H2,1H3,(H,11,13)/t6-/m1/s1. The third-order valence-corrected chi connectivity index (χ3v) is 3.33. The van der Waals surface area contributed by atoms with Gasteiger partial charge in [0.15, 0.2) is 0 Å². The quantitative estimate of drug-likeness (QED) is 0.738. The number of hydrogen-bond acceptors (Lipinski definition) is 3. The predicted molar refractivity (Wildman–Crippen MR) is 56.3 cm³/mol. The fraction of sp³-hybridized carbons (Fsp3) is 0.300. The van der Waals surface area contributed by atoms with Gasteiger partial charge in [-0.15, -0.1) is 11.8 Å². The molecular weight excluding hydrogens is 198 g/mol. The number of carbonyl (C=O) groups excluding carboxylic acids is 1. The second kappa shape index (κ2) is 3.63. The van der Waals surface area contributed by atoms with E-state index in [0.717, 1.165) is 16.1 Å². The summed E-state index contributed by atoms with van der Waals surface area (Å²) in [6.45, 7) is 1.88. The summed E-state index contributed by atoms with van der Waals surface area (Å²) in [6.07, 6.45) is 0. The van der Waals surface area contributed by atoms with E-state index < -0.39 is 0 Å². The van der Waals surface area contributed by atoms with Crippen molar-refractivity contribution in [1.82, 2.24) is 0 Å². The fourth-order valence-corrected chi connectivity index (χ4v) is 2.28. The maximum Gasteiger partial charge on any atom is 0.237 e. The van der Waals surface area contributed by atoms with Crippen LogP contribution in [0, 0.1) is 0 Å². The highest BCUT2D eigenvalue weighted by atomic mass is 32.2. The van der Waals surface area contributed by atoms with E-state index in [1.165, 1.54) is 0 Å². The zero-order chi connectivity index (χ0) is 10.1. The van der Waals surface area contributed by atoms with Gasteiger partial charge in [0, 0.05) is 4.90 Å². The SMILES string of the molecule is C[C@H]1Sc2ccc(CO)cc2NC1=O. The molecule has 0 spiro atoms. The summed E-state index contributed by atoms with van der Waals surface area (Å²) in [6, 6.07) is 5.61. The van der Waals surface area contributed by atoms with Gasteiger partial charge in [-0.3, -0.25) is 4.79 Å². The van der Waals surface area contributed by atoms with Crippen LogP contribution >= 0.6 is 11.8 Å². The lowest BCUT2D eigenvalue weighted by atomic mass is 10.2. The summed E-state index contributed by atoms with van der Waals surface area (Å²) in [4.78, 5) is 12.4. The zero-order valence-corrected chi connectivity index (χ0v) is 8.60. The van der Waals surface area contributed by atoms with Crippen molar-refractivity contribution in [3.63, 3.8) is 0 Å². The molecule has 3 nitrogen and oxygen atoms in total. The Morgan fingerprint density at radius 1 is 1.57 bits per heavy atom. The minimum atomic E-state index is -0.0394. The Hall–Kier alpha value is -1.00. The van der Waals surface area contributed by atoms with Crippen molar-refractivity contribution in [2.45, 2.75) is 23.7 Å². The molecule has 0 fully saturated rings. The largest absolute Gasteiger partial charge is 0.392 e. The summed E-state index contributed by atoms with van der Waals surface area (Å²) in [5.74, 6) is 0.0255. The highest BCUT2D eigenvalue weighted by Crippen LogP contribution is 2.35. The van der Waals surface area contributed by atoms with Gasteiger partial charge in [0.05, 0.1) is 17.5 Å². The highest BCUT2D eigenvalue weighted by molar-refractivity contribution is 8.00. The van der Waals surface area contributed by atoms with Gasteiger partial charge in [-0.2, -0.15) is 0 Å². The summed E-state index contributed by atoms with van der Waals surface area (Å²) in [7, 11) is 0. The molecule has 2 rings (SSSR count). The molecule has 1 aromatic carbocycles. The average molecular weight is 209 g/mol. The molecule has 14 heavy (non-hydrogen) atoms. The number of benzene rings is 1. The number of anilines is 1. The molecule has 0 saturated heterocycles. The topological polar surface area (TPSA) is 49.3 Å². The van der Waals surface area contributed by atoms with Gasteiger partial charge < -0.3 is 10.4 Å². The van der Waals surface area contributed by atoms with Crippen LogP contribution in [0.5, 0.6) is 0 Å². The number of aliphatic hydroxyl groups excluding tert-OH is 1. The van der Waals surface area contributed by atoms with Crippen LogP contribution in [0.2, 0.25) is 0 Å². The fourth-order valence-electron chi connectivity index (χ4n) is 1.35. The van der Waals surface area contributed by atoms with Crippen molar-refractivity contribution in [3.8, 4) is 0 Å². The Morgan fingerprint density at radius 2 is 2.36 bits per heavy atom. The maximum absolute atomic E-state index is 11.4. The Balaban J connectivity index is 2.37. The van der Waals surface area contributed by atoms with Gasteiger partial charge in [-0.25, -0.2) is 0 Å². The molecule has 1 atom stereocenters. The van der Waals surface area contributed by atoms with Crippen molar-refractivity contribution < 1.29 is 9.90 Å². The molecule has 0 aliphatic carbocycles. The molecule has 2 N–H and O–H groups in total. The van der Waals surface area contributed by atoms with Crippen LogP contribution < -0.4 is 5.32 Å². The molecule has 1 aliphatic heterocycles. The number of amides is 1. The average Bonchev–Trinajstić information content (AvgIpc) is 2.19.